The third-order valence-electron chi connectivity index (χ3n) is 6.64. The number of nitrogens with one attached hydrogen (secondary N) is 2. The van der Waals surface area contributed by atoms with Gasteiger partial charge in [0, 0.05) is 42.8 Å². The maximum Gasteiger partial charge on any atom is 0.225 e. The third kappa shape index (κ3) is 4.58. The average Bonchev–Trinajstić information content (AvgIpc) is 3.10. The molecule has 3 aromatic heterocycles. The second-order valence-corrected chi connectivity index (χ2v) is 9.80. The standard InChI is InChI=1S/C27H32FN7O/c1-16(2)35-15-21-24(26(35)36)32-27(30-12-13-34(3)4)33-25(21)31-23-19-6-5-11-29-22(19)10-8-17-7-9-18(28)14-20(17)23/h5-7,9,11,14-16,23,36H,8,10,12-13H2,1-4H3,(H2,30,31,32,33). The van der Waals surface area contributed by atoms with Crippen molar-refractivity contribution in [3.05, 3.63) is 70.9 Å². The van der Waals surface area contributed by atoms with Gasteiger partial charge in [-0.1, -0.05) is 12.1 Å². The van der Waals surface area contributed by atoms with Crippen molar-refractivity contribution in [2.45, 2.75) is 38.8 Å². The monoisotopic (exact) mass is 489 g/mol. The lowest BCUT2D eigenvalue weighted by Crippen LogP contribution is -2.22. The van der Waals surface area contributed by atoms with Crippen molar-refractivity contribution < 1.29 is 9.50 Å². The Morgan fingerprint density at radius 2 is 2.00 bits per heavy atom. The molecule has 0 saturated carbocycles. The average molecular weight is 490 g/mol. The Labute approximate surface area is 210 Å². The number of hydrogen-bond acceptors (Lipinski definition) is 7. The first-order chi connectivity index (χ1) is 17.3. The van der Waals surface area contributed by atoms with E-state index < -0.39 is 0 Å². The lowest BCUT2D eigenvalue weighted by atomic mass is 9.95. The highest BCUT2D eigenvalue weighted by molar-refractivity contribution is 5.94. The minimum Gasteiger partial charge on any atom is -0.493 e. The van der Waals surface area contributed by atoms with Gasteiger partial charge in [-0.2, -0.15) is 4.98 Å². The molecule has 8 nitrogen and oxygen atoms in total. The Hall–Kier alpha value is -3.72. The second kappa shape index (κ2) is 9.73. The molecule has 0 bridgehead atoms. The predicted molar refractivity (Wildman–Crippen MR) is 140 cm³/mol. The van der Waals surface area contributed by atoms with Crippen LogP contribution in [0.4, 0.5) is 16.2 Å². The molecular weight excluding hydrogens is 457 g/mol. The van der Waals surface area contributed by atoms with Gasteiger partial charge >= 0.3 is 0 Å². The quantitative estimate of drug-likeness (QED) is 0.351. The first-order valence-corrected chi connectivity index (χ1v) is 12.3. The molecule has 188 valence electrons. The van der Waals surface area contributed by atoms with Crippen LogP contribution in [0.25, 0.3) is 10.9 Å². The predicted octanol–water partition coefficient (Wildman–Crippen LogP) is 4.53. The van der Waals surface area contributed by atoms with Crippen LogP contribution >= 0.6 is 0 Å². The number of hydrogen-bond donors (Lipinski definition) is 3. The topological polar surface area (TPSA) is 91.1 Å². The molecule has 9 heteroatoms. The zero-order valence-corrected chi connectivity index (χ0v) is 21.1. The van der Waals surface area contributed by atoms with Crippen LogP contribution in [0.3, 0.4) is 0 Å². The van der Waals surface area contributed by atoms with E-state index in [1.807, 2.05) is 52.3 Å². The van der Waals surface area contributed by atoms with Gasteiger partial charge in [0.2, 0.25) is 11.8 Å². The Morgan fingerprint density at radius 1 is 1.17 bits per heavy atom. The van der Waals surface area contributed by atoms with Crippen molar-refractivity contribution >= 4 is 22.7 Å². The maximum absolute atomic E-state index is 14.5. The molecule has 5 rings (SSSR count). The molecule has 0 radical (unpaired) electrons. The van der Waals surface area contributed by atoms with Crippen LogP contribution in [0, 0.1) is 5.82 Å². The number of pyridine rings is 1. The van der Waals surface area contributed by atoms with E-state index in [4.69, 9.17) is 4.98 Å². The number of anilines is 2. The maximum atomic E-state index is 14.5. The van der Waals surface area contributed by atoms with Gasteiger partial charge in [0.05, 0.1) is 11.4 Å². The molecule has 0 aliphatic heterocycles. The van der Waals surface area contributed by atoms with Crippen LogP contribution < -0.4 is 10.6 Å². The van der Waals surface area contributed by atoms with Crippen molar-refractivity contribution in [3.63, 3.8) is 0 Å². The highest BCUT2D eigenvalue weighted by Crippen LogP contribution is 2.38. The van der Waals surface area contributed by atoms with Crippen molar-refractivity contribution in [3.8, 4) is 5.88 Å². The summed E-state index contributed by atoms with van der Waals surface area (Å²) >= 11 is 0. The number of aryl methyl sites for hydroxylation is 2. The number of fused-ring (bicyclic) bond motifs is 3. The molecule has 1 unspecified atom stereocenters. The van der Waals surface area contributed by atoms with Gasteiger partial charge in [0.1, 0.15) is 17.2 Å². The number of nitrogens with zero attached hydrogens (tertiary/aromatic N) is 5. The van der Waals surface area contributed by atoms with Gasteiger partial charge < -0.3 is 25.2 Å². The van der Waals surface area contributed by atoms with Crippen molar-refractivity contribution in [1.29, 1.82) is 0 Å². The van der Waals surface area contributed by atoms with E-state index in [1.165, 1.54) is 6.07 Å². The third-order valence-corrected chi connectivity index (χ3v) is 6.64. The fourth-order valence-corrected chi connectivity index (χ4v) is 4.76. The summed E-state index contributed by atoms with van der Waals surface area (Å²) < 4.78 is 16.2. The molecule has 1 atom stereocenters. The summed E-state index contributed by atoms with van der Waals surface area (Å²) in [6.45, 7) is 5.45. The van der Waals surface area contributed by atoms with Gasteiger partial charge in [0.15, 0.2) is 0 Å². The first kappa shape index (κ1) is 24.0. The summed E-state index contributed by atoms with van der Waals surface area (Å²) in [5, 5.41) is 18.5. The molecule has 36 heavy (non-hydrogen) atoms. The number of rotatable bonds is 7. The van der Waals surface area contributed by atoms with Gasteiger partial charge in [-0.05, 0) is 70.1 Å². The fourth-order valence-electron chi connectivity index (χ4n) is 4.76. The highest BCUT2D eigenvalue weighted by atomic mass is 19.1. The van der Waals surface area contributed by atoms with Gasteiger partial charge in [-0.25, -0.2) is 9.37 Å². The van der Waals surface area contributed by atoms with E-state index >= 15 is 0 Å². The van der Waals surface area contributed by atoms with Gasteiger partial charge in [-0.3, -0.25) is 4.98 Å². The largest absolute Gasteiger partial charge is 0.493 e. The molecular formula is C27H32FN7O. The number of aromatic hydroxyl groups is 1. The van der Waals surface area contributed by atoms with Crippen LogP contribution in [0.15, 0.2) is 42.7 Å². The minimum atomic E-state index is -0.362. The van der Waals surface area contributed by atoms with E-state index in [0.29, 0.717) is 29.2 Å². The fraction of sp³-hybridized carbons (Fsp3) is 0.370. The van der Waals surface area contributed by atoms with E-state index in [1.54, 1.807) is 16.8 Å². The van der Waals surface area contributed by atoms with Crippen LogP contribution in [0.5, 0.6) is 5.88 Å². The first-order valence-electron chi connectivity index (χ1n) is 12.3. The summed E-state index contributed by atoms with van der Waals surface area (Å²) in [4.78, 5) is 16.1. The zero-order valence-electron chi connectivity index (χ0n) is 21.1. The molecule has 0 spiro atoms. The lowest BCUT2D eigenvalue weighted by molar-refractivity contribution is 0.404. The number of benzene rings is 1. The molecule has 0 saturated heterocycles. The van der Waals surface area contributed by atoms with E-state index in [9.17, 15) is 9.50 Å². The van der Waals surface area contributed by atoms with Gasteiger partial charge in [-0.15, -0.1) is 0 Å². The molecule has 4 aromatic rings. The van der Waals surface area contributed by atoms with Crippen LogP contribution in [0.2, 0.25) is 0 Å². The summed E-state index contributed by atoms with van der Waals surface area (Å²) in [5.41, 5.74) is 4.37. The highest BCUT2D eigenvalue weighted by Gasteiger charge is 2.27. The zero-order chi connectivity index (χ0) is 25.4. The molecule has 0 fully saturated rings. The molecule has 1 aromatic carbocycles. The van der Waals surface area contributed by atoms with Crippen molar-refractivity contribution in [2.24, 2.45) is 0 Å². The van der Waals surface area contributed by atoms with Crippen molar-refractivity contribution in [1.82, 2.24) is 24.4 Å². The Morgan fingerprint density at radius 3 is 2.78 bits per heavy atom. The Bertz CT molecular complexity index is 1400. The number of aromatic nitrogens is 4. The molecule has 3 N–H and O–H groups in total. The molecule has 1 aliphatic rings. The summed E-state index contributed by atoms with van der Waals surface area (Å²) in [5.74, 6) is 0.799. The number of likely N-dealkylation sites (N-methyl/N-ethyl adjacent to an activating group) is 1. The van der Waals surface area contributed by atoms with Crippen LogP contribution in [0.1, 0.15) is 48.3 Å². The molecule has 1 aliphatic carbocycles. The molecule has 3 heterocycles. The van der Waals surface area contributed by atoms with Crippen LogP contribution in [-0.4, -0.2) is 56.7 Å². The summed E-state index contributed by atoms with van der Waals surface area (Å²) in [7, 11) is 4.00. The second-order valence-electron chi connectivity index (χ2n) is 9.80. The van der Waals surface area contributed by atoms with E-state index in [0.717, 1.165) is 41.8 Å². The van der Waals surface area contributed by atoms with Crippen LogP contribution in [-0.2, 0) is 12.8 Å². The molecule has 0 amide bonds. The van der Waals surface area contributed by atoms with Gasteiger partial charge in [0.25, 0.3) is 0 Å². The summed E-state index contributed by atoms with van der Waals surface area (Å²) in [6.07, 6.45) is 5.21. The normalized spacial score (nSPS) is 15.1. The number of halogens is 1. The van der Waals surface area contributed by atoms with Crippen molar-refractivity contribution in [2.75, 3.05) is 37.8 Å². The summed E-state index contributed by atoms with van der Waals surface area (Å²) in [6, 6.07) is 8.58. The Balaban J connectivity index is 1.65. The van der Waals surface area contributed by atoms with E-state index in [-0.39, 0.29) is 23.8 Å². The lowest BCUT2D eigenvalue weighted by Gasteiger charge is -2.23. The minimum absolute atomic E-state index is 0.0369. The van der Waals surface area contributed by atoms with E-state index in [2.05, 4.69) is 25.5 Å². The SMILES string of the molecule is CC(C)n1cc2c(NC3c4cc(F)ccc4CCc4ncccc43)nc(NCCN(C)C)nc2c1O. The smallest absolute Gasteiger partial charge is 0.225 e. The Kier molecular flexibility index (Phi) is 6.49.